The maximum absolute atomic E-state index is 12.6. The Labute approximate surface area is 195 Å². The summed E-state index contributed by atoms with van der Waals surface area (Å²) in [5, 5.41) is 16.4. The number of esters is 3. The molecule has 11 nitrogen and oxygen atoms in total. The van der Waals surface area contributed by atoms with Crippen LogP contribution in [0.1, 0.15) is 35.7 Å². The minimum Gasteiger partial charge on any atom is -0.493 e. The third-order valence-corrected chi connectivity index (χ3v) is 4.15. The minimum absolute atomic E-state index is 0.0619. The van der Waals surface area contributed by atoms with E-state index in [1.165, 1.54) is 44.4 Å². The van der Waals surface area contributed by atoms with Crippen molar-refractivity contribution in [2.24, 2.45) is 0 Å². The van der Waals surface area contributed by atoms with Gasteiger partial charge in [-0.15, -0.1) is 0 Å². The second kappa shape index (κ2) is 13.7. The zero-order chi connectivity index (χ0) is 24.9. The number of para-hydroxylation sites is 1. The lowest BCUT2D eigenvalue weighted by Gasteiger charge is -2.12. The van der Waals surface area contributed by atoms with Crippen LogP contribution in [0, 0.1) is 0 Å². The highest BCUT2D eigenvalue weighted by molar-refractivity contribution is 5.95. The third kappa shape index (κ3) is 9.00. The number of nitrogens with zero attached hydrogens (tertiary/aromatic N) is 1. The molecule has 0 aliphatic rings. The molecule has 0 aromatic heterocycles. The van der Waals surface area contributed by atoms with Gasteiger partial charge in [-0.1, -0.05) is 18.2 Å². The maximum Gasteiger partial charge on any atom is 0.347 e. The van der Waals surface area contributed by atoms with Gasteiger partial charge in [-0.25, -0.2) is 9.59 Å². The van der Waals surface area contributed by atoms with Crippen LogP contribution >= 0.6 is 0 Å². The van der Waals surface area contributed by atoms with Gasteiger partial charge in [-0.2, -0.15) is 0 Å². The van der Waals surface area contributed by atoms with Crippen molar-refractivity contribution in [3.8, 4) is 17.2 Å². The molecule has 2 N–H and O–H groups in total. The average Bonchev–Trinajstić information content (AvgIpc) is 2.80. The highest BCUT2D eigenvalue weighted by Gasteiger charge is 2.18. The van der Waals surface area contributed by atoms with Crippen LogP contribution in [0.3, 0.4) is 0 Å². The summed E-state index contributed by atoms with van der Waals surface area (Å²) in [6, 6.07) is 10.9. The van der Waals surface area contributed by atoms with Gasteiger partial charge >= 0.3 is 17.9 Å². The molecule has 0 unspecified atom stereocenters. The Morgan fingerprint density at radius 1 is 0.941 bits per heavy atom. The SMILES string of the molecule is COc1cc(/C=C/C(=O)OCCCCON(O)O)ccc1OC(=O)c1ccccc1OC(C)=O. The number of methoxy groups -OCH3 is 1. The second-order valence-electron chi connectivity index (χ2n) is 6.68. The molecule has 2 aromatic carbocycles. The van der Waals surface area contributed by atoms with E-state index in [9.17, 15) is 14.4 Å². The molecule has 0 aliphatic heterocycles. The van der Waals surface area contributed by atoms with Crippen molar-refractivity contribution in [1.29, 1.82) is 0 Å². The number of rotatable bonds is 12. The smallest absolute Gasteiger partial charge is 0.347 e. The molecule has 0 amide bonds. The first-order valence-electron chi connectivity index (χ1n) is 10.1. The average molecular weight is 475 g/mol. The number of benzene rings is 2. The van der Waals surface area contributed by atoms with E-state index < -0.39 is 17.9 Å². The molecule has 34 heavy (non-hydrogen) atoms. The van der Waals surface area contributed by atoms with Crippen molar-refractivity contribution in [3.05, 3.63) is 59.7 Å². The summed E-state index contributed by atoms with van der Waals surface area (Å²) in [5.41, 5.74) is 0.663. The third-order valence-electron chi connectivity index (χ3n) is 4.15. The van der Waals surface area contributed by atoms with E-state index >= 15 is 0 Å². The quantitative estimate of drug-likeness (QED) is 0.154. The van der Waals surface area contributed by atoms with Crippen LogP contribution < -0.4 is 14.2 Å². The monoisotopic (exact) mass is 475 g/mol. The fourth-order valence-corrected chi connectivity index (χ4v) is 2.64. The predicted octanol–water partition coefficient (Wildman–Crippen LogP) is 3.19. The van der Waals surface area contributed by atoms with Crippen molar-refractivity contribution < 1.29 is 48.6 Å². The Bertz CT molecular complexity index is 1020. The second-order valence-corrected chi connectivity index (χ2v) is 6.68. The van der Waals surface area contributed by atoms with E-state index in [4.69, 9.17) is 29.4 Å². The topological polar surface area (TPSA) is 141 Å². The fourth-order valence-electron chi connectivity index (χ4n) is 2.64. The summed E-state index contributed by atoms with van der Waals surface area (Å²) in [4.78, 5) is 40.1. The van der Waals surface area contributed by atoms with Crippen molar-refractivity contribution in [2.45, 2.75) is 19.8 Å². The van der Waals surface area contributed by atoms with Gasteiger partial charge in [0.15, 0.2) is 11.5 Å². The van der Waals surface area contributed by atoms with Crippen LogP contribution in [0.2, 0.25) is 0 Å². The zero-order valence-electron chi connectivity index (χ0n) is 18.6. The Morgan fingerprint density at radius 3 is 2.38 bits per heavy atom. The van der Waals surface area contributed by atoms with Crippen LogP contribution in [0.25, 0.3) is 6.08 Å². The summed E-state index contributed by atoms with van der Waals surface area (Å²) in [6.07, 6.45) is 3.67. The van der Waals surface area contributed by atoms with Crippen LogP contribution in [0.15, 0.2) is 48.5 Å². The van der Waals surface area contributed by atoms with Crippen molar-refractivity contribution >= 4 is 24.0 Å². The molecule has 0 radical (unpaired) electrons. The standard InChI is InChI=1S/C23H25NO10/c1-16(25)33-19-8-4-3-7-18(19)23(27)34-20-11-9-17(15-21(20)30-2)10-12-22(26)31-13-5-6-14-32-24(28)29/h3-4,7-12,15,28-29H,5-6,13-14H2,1-2H3/b12-10+. The lowest BCUT2D eigenvalue weighted by Crippen LogP contribution is -2.15. The molecule has 0 atom stereocenters. The Hall–Kier alpha value is -3.77. The highest BCUT2D eigenvalue weighted by Crippen LogP contribution is 2.30. The molecule has 0 bridgehead atoms. The van der Waals surface area contributed by atoms with Gasteiger partial charge in [0, 0.05) is 13.0 Å². The van der Waals surface area contributed by atoms with Crippen molar-refractivity contribution in [3.63, 3.8) is 0 Å². The van der Waals surface area contributed by atoms with Gasteiger partial charge in [0.05, 0.1) is 25.7 Å². The van der Waals surface area contributed by atoms with Gasteiger partial charge in [0.25, 0.3) is 0 Å². The molecule has 0 fully saturated rings. The van der Waals surface area contributed by atoms with E-state index in [2.05, 4.69) is 4.84 Å². The number of unbranched alkanes of at least 4 members (excludes halogenated alkanes) is 1. The molecule has 2 aromatic rings. The summed E-state index contributed by atoms with van der Waals surface area (Å²) < 4.78 is 20.8. The maximum atomic E-state index is 12.6. The van der Waals surface area contributed by atoms with Crippen molar-refractivity contribution in [2.75, 3.05) is 20.3 Å². The van der Waals surface area contributed by atoms with E-state index in [-0.39, 0.29) is 41.4 Å². The lowest BCUT2D eigenvalue weighted by atomic mass is 10.1. The Balaban J connectivity index is 1.96. The Kier molecular flexibility index (Phi) is 10.7. The number of carbonyl (C=O) groups excluding carboxylic acids is 3. The number of hydrogen-bond donors (Lipinski definition) is 2. The molecule has 11 heteroatoms. The fraction of sp³-hybridized carbons (Fsp3) is 0.261. The van der Waals surface area contributed by atoms with Gasteiger partial charge < -0.3 is 18.9 Å². The normalized spacial score (nSPS) is 10.9. The Morgan fingerprint density at radius 2 is 1.68 bits per heavy atom. The minimum atomic E-state index is -0.738. The van der Waals surface area contributed by atoms with Crippen LogP contribution in [0.4, 0.5) is 0 Å². The molecule has 182 valence electrons. The van der Waals surface area contributed by atoms with E-state index in [0.717, 1.165) is 0 Å². The number of carbonyl (C=O) groups is 3. The first-order valence-corrected chi connectivity index (χ1v) is 10.1. The van der Waals surface area contributed by atoms with Gasteiger partial charge in [-0.05, 0) is 48.7 Å². The van der Waals surface area contributed by atoms with Gasteiger partial charge in [0.1, 0.15) is 11.3 Å². The molecule has 0 saturated carbocycles. The van der Waals surface area contributed by atoms with Crippen LogP contribution in [0.5, 0.6) is 17.2 Å². The molecule has 0 heterocycles. The van der Waals surface area contributed by atoms with Crippen LogP contribution in [-0.4, -0.2) is 54.0 Å². The molecule has 0 aliphatic carbocycles. The summed E-state index contributed by atoms with van der Waals surface area (Å²) in [6.45, 7) is 1.43. The summed E-state index contributed by atoms with van der Waals surface area (Å²) in [7, 11) is 1.40. The molecular formula is C23H25NO10. The highest BCUT2D eigenvalue weighted by atomic mass is 17.1. The van der Waals surface area contributed by atoms with Crippen LogP contribution in [-0.2, 0) is 19.2 Å². The molecule has 0 saturated heterocycles. The first kappa shape index (κ1) is 26.5. The summed E-state index contributed by atoms with van der Waals surface area (Å²) >= 11 is 0. The molecular weight excluding hydrogens is 450 g/mol. The zero-order valence-corrected chi connectivity index (χ0v) is 18.6. The number of hydrogen-bond acceptors (Lipinski definition) is 11. The first-order chi connectivity index (χ1) is 16.3. The van der Waals surface area contributed by atoms with E-state index in [1.807, 2.05) is 0 Å². The number of ether oxygens (including phenoxy) is 4. The van der Waals surface area contributed by atoms with E-state index in [1.54, 1.807) is 24.3 Å². The molecule has 2 rings (SSSR count). The van der Waals surface area contributed by atoms with Gasteiger partial charge in [0.2, 0.25) is 0 Å². The van der Waals surface area contributed by atoms with E-state index in [0.29, 0.717) is 18.4 Å². The molecule has 0 spiro atoms. The van der Waals surface area contributed by atoms with Crippen molar-refractivity contribution in [1.82, 2.24) is 5.39 Å². The predicted molar refractivity (Wildman–Crippen MR) is 116 cm³/mol. The summed E-state index contributed by atoms with van der Waals surface area (Å²) in [5.74, 6) is -1.41. The largest absolute Gasteiger partial charge is 0.493 e. The lowest BCUT2D eigenvalue weighted by molar-refractivity contribution is -0.492. The van der Waals surface area contributed by atoms with Gasteiger partial charge in [-0.3, -0.25) is 20.0 Å².